The highest BCUT2D eigenvalue weighted by atomic mass is 16.2. The van der Waals surface area contributed by atoms with Gasteiger partial charge in [0.1, 0.15) is 0 Å². The van der Waals surface area contributed by atoms with E-state index in [1.165, 1.54) is 11.1 Å². The smallest absolute Gasteiger partial charge is 0.257 e. The minimum Gasteiger partial charge on any atom is -0.352 e. The van der Waals surface area contributed by atoms with Crippen molar-refractivity contribution >= 4 is 11.9 Å². The Labute approximate surface area is 130 Å². The lowest BCUT2D eigenvalue weighted by molar-refractivity contribution is 0.0734. The molecular weight excluding hydrogens is 276 g/mol. The molecule has 0 atom stereocenters. The first-order chi connectivity index (χ1) is 10.6. The van der Waals surface area contributed by atoms with E-state index in [4.69, 9.17) is 0 Å². The van der Waals surface area contributed by atoms with Gasteiger partial charge in [0.2, 0.25) is 5.95 Å². The third kappa shape index (κ3) is 3.08. The van der Waals surface area contributed by atoms with Crippen LogP contribution >= 0.6 is 0 Å². The molecule has 0 saturated carbocycles. The molecule has 2 heterocycles. The van der Waals surface area contributed by atoms with Crippen molar-refractivity contribution in [3.63, 3.8) is 0 Å². The maximum atomic E-state index is 12.6. The van der Waals surface area contributed by atoms with E-state index >= 15 is 0 Å². The van der Waals surface area contributed by atoms with Crippen LogP contribution in [0.15, 0.2) is 36.7 Å². The average Bonchev–Trinajstić information content (AvgIpc) is 2.54. The van der Waals surface area contributed by atoms with E-state index in [1.54, 1.807) is 12.4 Å². The minimum absolute atomic E-state index is 0.00870. The van der Waals surface area contributed by atoms with E-state index in [-0.39, 0.29) is 11.9 Å². The second-order valence-corrected chi connectivity index (χ2v) is 5.84. The van der Waals surface area contributed by atoms with E-state index in [9.17, 15) is 4.79 Å². The van der Waals surface area contributed by atoms with Crippen LogP contribution in [0.1, 0.15) is 35.3 Å². The van der Waals surface area contributed by atoms with Crippen molar-refractivity contribution in [1.82, 2.24) is 14.9 Å². The molecule has 22 heavy (non-hydrogen) atoms. The fraction of sp³-hybridized carbons (Fsp3) is 0.353. The van der Waals surface area contributed by atoms with Gasteiger partial charge >= 0.3 is 0 Å². The summed E-state index contributed by atoms with van der Waals surface area (Å²) in [5.41, 5.74) is 3.09. The van der Waals surface area contributed by atoms with Crippen molar-refractivity contribution < 1.29 is 4.79 Å². The monoisotopic (exact) mass is 296 g/mol. The van der Waals surface area contributed by atoms with Crippen molar-refractivity contribution in [2.75, 3.05) is 11.9 Å². The lowest BCUT2D eigenvalue weighted by Gasteiger charge is -2.28. The Balaban J connectivity index is 1.72. The molecule has 1 aliphatic rings. The van der Waals surface area contributed by atoms with E-state index in [0.29, 0.717) is 18.1 Å². The molecule has 0 fully saturated rings. The van der Waals surface area contributed by atoms with Gasteiger partial charge in [-0.15, -0.1) is 0 Å². The summed E-state index contributed by atoms with van der Waals surface area (Å²) in [7, 11) is 0. The number of carbonyl (C=O) groups excluding carboxylic acids is 1. The van der Waals surface area contributed by atoms with Gasteiger partial charge in [-0.3, -0.25) is 4.79 Å². The maximum absolute atomic E-state index is 12.6. The van der Waals surface area contributed by atoms with Gasteiger partial charge < -0.3 is 10.2 Å². The molecule has 3 rings (SSSR count). The van der Waals surface area contributed by atoms with Gasteiger partial charge in [-0.05, 0) is 31.4 Å². The Hall–Kier alpha value is -2.43. The molecule has 0 spiro atoms. The van der Waals surface area contributed by atoms with Gasteiger partial charge in [-0.2, -0.15) is 0 Å². The van der Waals surface area contributed by atoms with Crippen molar-refractivity contribution in [3.8, 4) is 0 Å². The molecule has 1 aromatic carbocycles. The van der Waals surface area contributed by atoms with E-state index in [2.05, 4.69) is 27.4 Å². The third-order valence-corrected chi connectivity index (χ3v) is 3.73. The van der Waals surface area contributed by atoms with Crippen LogP contribution in [0, 0.1) is 0 Å². The Kier molecular flexibility index (Phi) is 4.04. The Morgan fingerprint density at radius 1 is 1.18 bits per heavy atom. The molecule has 5 nitrogen and oxygen atoms in total. The molecule has 1 aliphatic heterocycles. The number of carbonyl (C=O) groups is 1. The standard InChI is InChI=1S/C17H20N4O/c1-12(2)20-17-18-9-15(10-19-17)16(22)21-8-7-13-5-3-4-6-14(13)11-21/h3-6,9-10,12H,7-8,11H2,1-2H3,(H,18,19,20). The molecule has 0 aliphatic carbocycles. The summed E-state index contributed by atoms with van der Waals surface area (Å²) < 4.78 is 0. The quantitative estimate of drug-likeness (QED) is 0.945. The summed E-state index contributed by atoms with van der Waals surface area (Å²) in [6.07, 6.45) is 4.09. The molecule has 1 N–H and O–H groups in total. The first kappa shape index (κ1) is 14.5. The molecule has 0 radical (unpaired) electrons. The molecule has 0 bridgehead atoms. The molecular formula is C17H20N4O. The Bertz CT molecular complexity index is 667. The number of benzene rings is 1. The number of hydrogen-bond donors (Lipinski definition) is 1. The van der Waals surface area contributed by atoms with Gasteiger partial charge in [0.25, 0.3) is 5.91 Å². The molecule has 114 valence electrons. The van der Waals surface area contributed by atoms with Crippen LogP contribution in [-0.2, 0) is 13.0 Å². The van der Waals surface area contributed by atoms with Gasteiger partial charge in [-0.1, -0.05) is 24.3 Å². The fourth-order valence-electron chi connectivity index (χ4n) is 2.62. The predicted molar refractivity (Wildman–Crippen MR) is 85.7 cm³/mol. The van der Waals surface area contributed by atoms with Crippen LogP contribution in [0.4, 0.5) is 5.95 Å². The van der Waals surface area contributed by atoms with Crippen molar-refractivity contribution in [1.29, 1.82) is 0 Å². The average molecular weight is 296 g/mol. The maximum Gasteiger partial charge on any atom is 0.257 e. The van der Waals surface area contributed by atoms with Crippen LogP contribution in [-0.4, -0.2) is 33.4 Å². The summed E-state index contributed by atoms with van der Waals surface area (Å²) in [5, 5.41) is 3.12. The molecule has 1 aromatic heterocycles. The third-order valence-electron chi connectivity index (χ3n) is 3.73. The number of hydrogen-bond acceptors (Lipinski definition) is 4. The minimum atomic E-state index is -0.00870. The number of nitrogens with zero attached hydrogens (tertiary/aromatic N) is 3. The summed E-state index contributed by atoms with van der Waals surface area (Å²) in [6.45, 7) is 5.43. The SMILES string of the molecule is CC(C)Nc1ncc(C(=O)N2CCc3ccccc3C2)cn1. The van der Waals surface area contributed by atoms with Crippen molar-refractivity contribution in [3.05, 3.63) is 53.3 Å². The van der Waals surface area contributed by atoms with Crippen LogP contribution in [0.2, 0.25) is 0 Å². The van der Waals surface area contributed by atoms with Crippen molar-refractivity contribution in [2.24, 2.45) is 0 Å². The first-order valence-corrected chi connectivity index (χ1v) is 7.58. The van der Waals surface area contributed by atoms with Crippen molar-refractivity contribution in [2.45, 2.75) is 32.9 Å². The number of amides is 1. The molecule has 5 heteroatoms. The second-order valence-electron chi connectivity index (χ2n) is 5.84. The van der Waals surface area contributed by atoms with E-state index < -0.39 is 0 Å². The molecule has 0 unspecified atom stereocenters. The number of anilines is 1. The first-order valence-electron chi connectivity index (χ1n) is 7.58. The van der Waals surface area contributed by atoms with Gasteiger partial charge in [0, 0.05) is 31.5 Å². The van der Waals surface area contributed by atoms with Crippen LogP contribution < -0.4 is 5.32 Å². The summed E-state index contributed by atoms with van der Waals surface area (Å²) >= 11 is 0. The van der Waals surface area contributed by atoms with Crippen LogP contribution in [0.3, 0.4) is 0 Å². The largest absolute Gasteiger partial charge is 0.352 e. The van der Waals surface area contributed by atoms with Crippen LogP contribution in [0.25, 0.3) is 0 Å². The lowest BCUT2D eigenvalue weighted by Crippen LogP contribution is -2.36. The number of aromatic nitrogens is 2. The Morgan fingerprint density at radius 2 is 1.86 bits per heavy atom. The van der Waals surface area contributed by atoms with Gasteiger partial charge in [0.15, 0.2) is 0 Å². The summed E-state index contributed by atoms with van der Waals surface area (Å²) in [4.78, 5) is 22.8. The molecule has 2 aromatic rings. The van der Waals surface area contributed by atoms with E-state index in [1.807, 2.05) is 30.9 Å². The van der Waals surface area contributed by atoms with Gasteiger partial charge in [0.05, 0.1) is 5.56 Å². The highest BCUT2D eigenvalue weighted by Crippen LogP contribution is 2.20. The molecule has 0 saturated heterocycles. The number of nitrogens with one attached hydrogen (secondary N) is 1. The second kappa shape index (κ2) is 6.13. The highest BCUT2D eigenvalue weighted by molar-refractivity contribution is 5.93. The number of fused-ring (bicyclic) bond motifs is 1. The summed E-state index contributed by atoms with van der Waals surface area (Å²) in [6, 6.07) is 8.54. The van der Waals surface area contributed by atoms with Crippen LogP contribution in [0.5, 0.6) is 0 Å². The Morgan fingerprint density at radius 3 is 2.55 bits per heavy atom. The lowest BCUT2D eigenvalue weighted by atomic mass is 9.99. The molecule has 1 amide bonds. The highest BCUT2D eigenvalue weighted by Gasteiger charge is 2.21. The zero-order valence-electron chi connectivity index (χ0n) is 12.9. The fourth-order valence-corrected chi connectivity index (χ4v) is 2.62. The number of rotatable bonds is 3. The van der Waals surface area contributed by atoms with E-state index in [0.717, 1.165) is 13.0 Å². The predicted octanol–water partition coefficient (Wildman–Crippen LogP) is 2.50. The van der Waals surface area contributed by atoms with Gasteiger partial charge in [-0.25, -0.2) is 9.97 Å². The zero-order valence-corrected chi connectivity index (χ0v) is 12.9. The summed E-state index contributed by atoms with van der Waals surface area (Å²) in [5.74, 6) is 0.543. The zero-order chi connectivity index (χ0) is 15.5. The normalized spacial score (nSPS) is 13.9. The topological polar surface area (TPSA) is 58.1 Å².